The first-order chi connectivity index (χ1) is 12.1. The van der Waals surface area contributed by atoms with Crippen molar-refractivity contribution in [3.8, 4) is 0 Å². The zero-order valence-corrected chi connectivity index (χ0v) is 17.1. The third-order valence-electron chi connectivity index (χ3n) is 4.92. The van der Waals surface area contributed by atoms with Crippen LogP contribution in [0.2, 0.25) is 0 Å². The Morgan fingerprint density at radius 3 is 2.80 bits per heavy atom. The lowest BCUT2D eigenvalue weighted by molar-refractivity contribution is -0.124. The lowest BCUT2D eigenvalue weighted by atomic mass is 10.1. The van der Waals surface area contributed by atoms with Crippen LogP contribution in [-0.2, 0) is 11.3 Å². The second kappa shape index (κ2) is 9.08. The van der Waals surface area contributed by atoms with E-state index in [0.29, 0.717) is 12.6 Å². The number of hydrogen-bond acceptors (Lipinski definition) is 3. The molecule has 0 aromatic heterocycles. The molecule has 1 aliphatic heterocycles. The molecule has 1 heterocycles. The van der Waals surface area contributed by atoms with E-state index < -0.39 is 0 Å². The Bertz CT molecular complexity index is 629. The zero-order valence-electron chi connectivity index (χ0n) is 14.7. The van der Waals surface area contributed by atoms with E-state index in [1.165, 1.54) is 38.5 Å². The Hall–Kier alpha value is -1.01. The first-order valence-electron chi connectivity index (χ1n) is 9.09. The second-order valence-electron chi connectivity index (χ2n) is 6.84. The van der Waals surface area contributed by atoms with Crippen LogP contribution >= 0.6 is 27.7 Å². The minimum absolute atomic E-state index is 0.0843. The largest absolute Gasteiger partial charge is 0.350 e. The lowest BCUT2D eigenvalue weighted by Crippen LogP contribution is -2.44. The summed E-state index contributed by atoms with van der Waals surface area (Å²) in [5, 5.41) is 4.10. The topological polar surface area (TPSA) is 44.7 Å². The van der Waals surface area contributed by atoms with E-state index in [9.17, 15) is 4.79 Å². The predicted molar refractivity (Wildman–Crippen MR) is 109 cm³/mol. The summed E-state index contributed by atoms with van der Waals surface area (Å²) in [7, 11) is 2.00. The summed E-state index contributed by atoms with van der Waals surface area (Å²) in [6.45, 7) is 0.558. The van der Waals surface area contributed by atoms with Crippen LogP contribution in [0, 0.1) is 0 Å². The van der Waals surface area contributed by atoms with Gasteiger partial charge in [-0.2, -0.15) is 0 Å². The molecule has 1 aromatic carbocycles. The molecule has 2 fully saturated rings. The number of carbonyl (C=O) groups is 1. The molecular weight excluding hydrogens is 398 g/mol. The predicted octanol–water partition coefficient (Wildman–Crippen LogP) is 4.19. The second-order valence-corrected chi connectivity index (χ2v) is 8.75. The number of nitrogens with zero attached hydrogens (tertiary/aromatic N) is 2. The molecule has 1 aliphatic carbocycles. The highest BCUT2D eigenvalue weighted by atomic mass is 79.9. The summed E-state index contributed by atoms with van der Waals surface area (Å²) < 4.78 is 1.03. The summed E-state index contributed by atoms with van der Waals surface area (Å²) in [5.74, 6) is 0.868. The fraction of sp³-hybridized carbons (Fsp3) is 0.579. The number of amidine groups is 1. The Labute approximate surface area is 163 Å². The van der Waals surface area contributed by atoms with E-state index in [1.54, 1.807) is 11.8 Å². The van der Waals surface area contributed by atoms with Gasteiger partial charge >= 0.3 is 0 Å². The smallest absolute Gasteiger partial charge is 0.243 e. The molecule has 0 bridgehead atoms. The van der Waals surface area contributed by atoms with Gasteiger partial charge in [0.25, 0.3) is 0 Å². The summed E-state index contributed by atoms with van der Waals surface area (Å²) >= 11 is 5.18. The van der Waals surface area contributed by atoms with E-state index in [2.05, 4.69) is 26.1 Å². The van der Waals surface area contributed by atoms with Gasteiger partial charge in [0, 0.05) is 23.8 Å². The molecule has 3 rings (SSSR count). The number of benzene rings is 1. The lowest BCUT2D eigenvalue weighted by Gasteiger charge is -2.21. The van der Waals surface area contributed by atoms with Gasteiger partial charge in [-0.15, -0.1) is 0 Å². The number of aliphatic imine (C=N–C) groups is 1. The first-order valence-corrected chi connectivity index (χ1v) is 10.9. The van der Waals surface area contributed by atoms with E-state index in [0.717, 1.165) is 21.0 Å². The Morgan fingerprint density at radius 1 is 1.32 bits per heavy atom. The summed E-state index contributed by atoms with van der Waals surface area (Å²) in [4.78, 5) is 19.6. The van der Waals surface area contributed by atoms with E-state index in [-0.39, 0.29) is 11.9 Å². The van der Waals surface area contributed by atoms with Gasteiger partial charge in [0.1, 0.15) is 6.04 Å². The standard InChI is InChI=1S/C19H26BrN3OS/c1-23-17(18(24)21-12-14-7-6-8-15(20)11-14)13-25-19(23)22-16-9-4-2-3-5-10-16/h6-8,11,16-17H,2-5,9-10,12-13H2,1H3,(H,21,24). The van der Waals surface area contributed by atoms with Crippen LogP contribution in [0.4, 0.5) is 0 Å². The van der Waals surface area contributed by atoms with Gasteiger partial charge in [-0.3, -0.25) is 9.79 Å². The van der Waals surface area contributed by atoms with E-state index >= 15 is 0 Å². The van der Waals surface area contributed by atoms with Crippen molar-refractivity contribution in [3.05, 3.63) is 34.3 Å². The van der Waals surface area contributed by atoms with Crippen molar-refractivity contribution in [2.45, 2.75) is 57.2 Å². The van der Waals surface area contributed by atoms with Gasteiger partial charge in [0.2, 0.25) is 5.91 Å². The Kier molecular flexibility index (Phi) is 6.82. The number of likely N-dealkylation sites (N-methyl/N-ethyl adjacent to an activating group) is 1. The highest BCUT2D eigenvalue weighted by molar-refractivity contribution is 9.10. The van der Waals surface area contributed by atoms with Crippen molar-refractivity contribution < 1.29 is 4.79 Å². The summed E-state index contributed by atoms with van der Waals surface area (Å²) in [6.07, 6.45) is 7.63. The van der Waals surface area contributed by atoms with Gasteiger partial charge in [0.05, 0.1) is 6.04 Å². The number of carbonyl (C=O) groups excluding carboxylic acids is 1. The molecule has 0 spiro atoms. The molecule has 1 amide bonds. The van der Waals surface area contributed by atoms with Crippen molar-refractivity contribution in [1.29, 1.82) is 0 Å². The normalized spacial score (nSPS) is 23.7. The van der Waals surface area contributed by atoms with Crippen molar-refractivity contribution in [2.75, 3.05) is 12.8 Å². The number of rotatable bonds is 4. The van der Waals surface area contributed by atoms with Crippen molar-refractivity contribution >= 4 is 38.8 Å². The molecule has 1 aromatic rings. The molecule has 1 atom stereocenters. The van der Waals surface area contributed by atoms with Gasteiger partial charge < -0.3 is 10.2 Å². The van der Waals surface area contributed by atoms with Gasteiger partial charge in [-0.25, -0.2) is 0 Å². The molecule has 4 nitrogen and oxygen atoms in total. The monoisotopic (exact) mass is 423 g/mol. The van der Waals surface area contributed by atoms with E-state index in [1.807, 2.05) is 31.3 Å². The molecule has 1 saturated carbocycles. The highest BCUT2D eigenvalue weighted by Gasteiger charge is 2.33. The first kappa shape index (κ1) is 18.8. The molecule has 136 valence electrons. The molecule has 1 unspecified atom stereocenters. The molecule has 1 saturated heterocycles. The number of amides is 1. The quantitative estimate of drug-likeness (QED) is 0.738. The van der Waals surface area contributed by atoms with Gasteiger partial charge in [-0.1, -0.05) is 65.5 Å². The third kappa shape index (κ3) is 5.23. The highest BCUT2D eigenvalue weighted by Crippen LogP contribution is 2.27. The van der Waals surface area contributed by atoms with Crippen LogP contribution in [-0.4, -0.2) is 40.9 Å². The minimum atomic E-state index is -0.123. The molecule has 1 N–H and O–H groups in total. The zero-order chi connectivity index (χ0) is 17.6. The van der Waals surface area contributed by atoms with E-state index in [4.69, 9.17) is 4.99 Å². The fourth-order valence-corrected chi connectivity index (χ4v) is 5.06. The molecular formula is C19H26BrN3OS. The van der Waals surface area contributed by atoms with Gasteiger partial charge in [-0.05, 0) is 30.5 Å². The van der Waals surface area contributed by atoms with Gasteiger partial charge in [0.15, 0.2) is 5.17 Å². The average Bonchev–Trinajstić information content (AvgIpc) is 2.80. The maximum Gasteiger partial charge on any atom is 0.243 e. The van der Waals surface area contributed by atoms with Crippen molar-refractivity contribution in [1.82, 2.24) is 10.2 Å². The van der Waals surface area contributed by atoms with Crippen LogP contribution < -0.4 is 5.32 Å². The summed E-state index contributed by atoms with van der Waals surface area (Å²) in [5.41, 5.74) is 1.10. The Balaban J connectivity index is 1.55. The molecule has 2 aliphatic rings. The van der Waals surface area contributed by atoms with Crippen molar-refractivity contribution in [2.24, 2.45) is 4.99 Å². The molecule has 0 radical (unpaired) electrons. The number of halogens is 1. The fourth-order valence-electron chi connectivity index (χ4n) is 3.38. The molecule has 25 heavy (non-hydrogen) atoms. The minimum Gasteiger partial charge on any atom is -0.350 e. The molecule has 6 heteroatoms. The van der Waals surface area contributed by atoms with Crippen LogP contribution in [0.15, 0.2) is 33.7 Å². The Morgan fingerprint density at radius 2 is 2.08 bits per heavy atom. The van der Waals surface area contributed by atoms with Crippen molar-refractivity contribution in [3.63, 3.8) is 0 Å². The summed E-state index contributed by atoms with van der Waals surface area (Å²) in [6, 6.07) is 8.35. The maximum absolute atomic E-state index is 12.6. The number of hydrogen-bond donors (Lipinski definition) is 1. The van der Waals surface area contributed by atoms with Crippen LogP contribution in [0.1, 0.15) is 44.1 Å². The number of thioether (sulfide) groups is 1. The maximum atomic E-state index is 12.6. The third-order valence-corrected chi connectivity index (χ3v) is 6.54. The SMILES string of the molecule is CN1C(=NC2CCCCCC2)SCC1C(=O)NCc1cccc(Br)c1. The van der Waals surface area contributed by atoms with Crippen LogP contribution in [0.3, 0.4) is 0 Å². The average molecular weight is 424 g/mol. The van der Waals surface area contributed by atoms with Crippen LogP contribution in [0.25, 0.3) is 0 Å². The van der Waals surface area contributed by atoms with Crippen LogP contribution in [0.5, 0.6) is 0 Å². The number of nitrogens with one attached hydrogen (secondary N) is 1.